The quantitative estimate of drug-likeness (QED) is 0.660. The minimum absolute atomic E-state index is 0. The van der Waals surface area contributed by atoms with Crippen molar-refractivity contribution in [2.24, 2.45) is 0 Å². The zero-order valence-electron chi connectivity index (χ0n) is 8.16. The maximum absolute atomic E-state index is 11.2. The van der Waals surface area contributed by atoms with Gasteiger partial charge in [0.2, 0.25) is 5.91 Å². The van der Waals surface area contributed by atoms with E-state index in [4.69, 9.17) is 0 Å². The van der Waals surface area contributed by atoms with Gasteiger partial charge in [0.1, 0.15) is 6.04 Å². The Bertz CT molecular complexity index is 229. The average Bonchev–Trinajstić information content (AvgIpc) is 2.51. The highest BCUT2D eigenvalue weighted by molar-refractivity contribution is 5.85. The van der Waals surface area contributed by atoms with Crippen LogP contribution in [-0.4, -0.2) is 35.7 Å². The molecule has 15 heavy (non-hydrogen) atoms. The molecule has 1 amide bonds. The first-order valence-corrected chi connectivity index (χ1v) is 4.77. The third-order valence-electron chi connectivity index (χ3n) is 2.16. The Balaban J connectivity index is 0.00000196. The molecule has 1 aliphatic rings. The molecular weight excluding hydrogens is 198 g/mol. The summed E-state index contributed by atoms with van der Waals surface area (Å²) in [4.78, 5) is 22.2. The van der Waals surface area contributed by atoms with Crippen LogP contribution in [0.5, 0.6) is 0 Å². The van der Waals surface area contributed by atoms with Crippen LogP contribution < -0.4 is 5.32 Å². The molecule has 1 saturated heterocycles. The molecule has 2 unspecified atom stereocenters. The van der Waals surface area contributed by atoms with Gasteiger partial charge < -0.3 is 15.2 Å². The molecule has 1 heterocycles. The molecule has 1 fully saturated rings. The van der Waals surface area contributed by atoms with Crippen LogP contribution in [0.15, 0.2) is 0 Å². The van der Waals surface area contributed by atoms with Crippen molar-refractivity contribution in [2.75, 3.05) is 6.61 Å². The molecule has 1 rings (SSSR count). The second-order valence-electron chi connectivity index (χ2n) is 3.34. The standard InChI is InChI=1S/C9H15NO4.CH4/c1-2-6(11)5-8(12)10-7-3-4-14-9(7)13;/h6-7,11H,2-5H2,1H3,(H,10,12);1H4. The fraction of sp³-hybridized carbons (Fsp3) is 0.800. The summed E-state index contributed by atoms with van der Waals surface area (Å²) >= 11 is 0. The molecular formula is C10H19NO4. The van der Waals surface area contributed by atoms with Crippen LogP contribution in [0.4, 0.5) is 0 Å². The molecule has 0 aromatic heterocycles. The second kappa shape index (κ2) is 6.40. The second-order valence-corrected chi connectivity index (χ2v) is 3.34. The van der Waals surface area contributed by atoms with Crippen LogP contribution in [0.25, 0.3) is 0 Å². The van der Waals surface area contributed by atoms with Crippen molar-refractivity contribution in [3.8, 4) is 0 Å². The fourth-order valence-corrected chi connectivity index (χ4v) is 1.24. The van der Waals surface area contributed by atoms with E-state index in [-0.39, 0.29) is 25.7 Å². The molecule has 0 aliphatic carbocycles. The number of carbonyl (C=O) groups excluding carboxylic acids is 2. The van der Waals surface area contributed by atoms with Crippen molar-refractivity contribution in [2.45, 2.75) is 45.8 Å². The van der Waals surface area contributed by atoms with Gasteiger partial charge in [-0.2, -0.15) is 0 Å². The van der Waals surface area contributed by atoms with E-state index in [0.29, 0.717) is 19.4 Å². The lowest BCUT2D eigenvalue weighted by Gasteiger charge is -2.10. The predicted octanol–water partition coefficient (Wildman–Crippen LogP) is 0.215. The van der Waals surface area contributed by atoms with E-state index in [1.54, 1.807) is 6.92 Å². The summed E-state index contributed by atoms with van der Waals surface area (Å²) in [5, 5.41) is 11.7. The van der Waals surface area contributed by atoms with Crippen molar-refractivity contribution < 1.29 is 19.4 Å². The average molecular weight is 217 g/mol. The highest BCUT2D eigenvalue weighted by Gasteiger charge is 2.28. The van der Waals surface area contributed by atoms with Gasteiger partial charge in [-0.05, 0) is 6.42 Å². The largest absolute Gasteiger partial charge is 0.464 e. The van der Waals surface area contributed by atoms with Crippen LogP contribution >= 0.6 is 0 Å². The Hall–Kier alpha value is -1.10. The third kappa shape index (κ3) is 4.29. The Morgan fingerprint density at radius 3 is 2.87 bits per heavy atom. The lowest BCUT2D eigenvalue weighted by Crippen LogP contribution is -2.39. The maximum Gasteiger partial charge on any atom is 0.328 e. The van der Waals surface area contributed by atoms with Crippen molar-refractivity contribution >= 4 is 11.9 Å². The smallest absolute Gasteiger partial charge is 0.328 e. The van der Waals surface area contributed by atoms with Crippen LogP contribution in [0, 0.1) is 0 Å². The molecule has 5 heteroatoms. The zero-order valence-corrected chi connectivity index (χ0v) is 8.16. The number of esters is 1. The summed E-state index contributed by atoms with van der Waals surface area (Å²) in [6.07, 6.45) is 0.461. The van der Waals surface area contributed by atoms with Crippen LogP contribution in [0.2, 0.25) is 0 Å². The first-order chi connectivity index (χ1) is 6.63. The summed E-state index contributed by atoms with van der Waals surface area (Å²) < 4.78 is 4.68. The number of carbonyl (C=O) groups is 2. The minimum Gasteiger partial charge on any atom is -0.464 e. The van der Waals surface area contributed by atoms with Crippen LogP contribution in [0.3, 0.4) is 0 Å². The molecule has 0 saturated carbocycles. The number of nitrogens with one attached hydrogen (secondary N) is 1. The Morgan fingerprint density at radius 1 is 1.73 bits per heavy atom. The van der Waals surface area contributed by atoms with Gasteiger partial charge in [-0.1, -0.05) is 14.4 Å². The molecule has 0 radical (unpaired) electrons. The Kier molecular flexibility index (Phi) is 5.93. The maximum atomic E-state index is 11.2. The van der Waals surface area contributed by atoms with E-state index in [9.17, 15) is 14.7 Å². The van der Waals surface area contributed by atoms with Gasteiger partial charge in [0.25, 0.3) is 0 Å². The molecule has 2 atom stereocenters. The zero-order chi connectivity index (χ0) is 10.6. The van der Waals surface area contributed by atoms with Gasteiger partial charge in [0, 0.05) is 6.42 Å². The van der Waals surface area contributed by atoms with Crippen LogP contribution in [0.1, 0.15) is 33.6 Å². The SMILES string of the molecule is C.CCC(O)CC(=O)NC1CCOC1=O. The van der Waals surface area contributed by atoms with E-state index in [1.807, 2.05) is 0 Å². The molecule has 5 nitrogen and oxygen atoms in total. The number of ether oxygens (including phenoxy) is 1. The molecule has 0 bridgehead atoms. The van der Waals surface area contributed by atoms with Gasteiger partial charge in [0.15, 0.2) is 0 Å². The van der Waals surface area contributed by atoms with Crippen molar-refractivity contribution in [3.05, 3.63) is 0 Å². The van der Waals surface area contributed by atoms with Crippen molar-refractivity contribution in [3.63, 3.8) is 0 Å². The van der Waals surface area contributed by atoms with E-state index in [2.05, 4.69) is 10.1 Å². The topological polar surface area (TPSA) is 75.6 Å². The van der Waals surface area contributed by atoms with Crippen molar-refractivity contribution in [1.82, 2.24) is 5.32 Å². The monoisotopic (exact) mass is 217 g/mol. The summed E-state index contributed by atoms with van der Waals surface area (Å²) in [6.45, 7) is 2.15. The Labute approximate surface area is 89.8 Å². The highest BCUT2D eigenvalue weighted by Crippen LogP contribution is 2.06. The molecule has 2 N–H and O–H groups in total. The number of amides is 1. The van der Waals surface area contributed by atoms with Gasteiger partial charge in [0.05, 0.1) is 19.1 Å². The van der Waals surface area contributed by atoms with Gasteiger partial charge in [-0.25, -0.2) is 4.79 Å². The first-order valence-electron chi connectivity index (χ1n) is 4.77. The fourth-order valence-electron chi connectivity index (χ4n) is 1.24. The summed E-state index contributed by atoms with van der Waals surface area (Å²) in [6, 6.07) is -0.522. The van der Waals surface area contributed by atoms with E-state index in [0.717, 1.165) is 0 Å². The number of rotatable bonds is 4. The number of aliphatic hydroxyl groups is 1. The van der Waals surface area contributed by atoms with Crippen molar-refractivity contribution in [1.29, 1.82) is 0 Å². The molecule has 0 spiro atoms. The van der Waals surface area contributed by atoms with Gasteiger partial charge in [-0.3, -0.25) is 4.79 Å². The van der Waals surface area contributed by atoms with E-state index < -0.39 is 12.1 Å². The van der Waals surface area contributed by atoms with Gasteiger partial charge >= 0.3 is 5.97 Å². The Morgan fingerprint density at radius 2 is 2.40 bits per heavy atom. The summed E-state index contributed by atoms with van der Waals surface area (Å²) in [7, 11) is 0. The highest BCUT2D eigenvalue weighted by atomic mass is 16.5. The van der Waals surface area contributed by atoms with E-state index in [1.165, 1.54) is 0 Å². The minimum atomic E-state index is -0.632. The molecule has 88 valence electrons. The molecule has 1 aliphatic heterocycles. The number of aliphatic hydroxyl groups excluding tert-OH is 1. The molecule has 0 aromatic carbocycles. The summed E-state index contributed by atoms with van der Waals surface area (Å²) in [5.41, 5.74) is 0. The van der Waals surface area contributed by atoms with Gasteiger partial charge in [-0.15, -0.1) is 0 Å². The lowest BCUT2D eigenvalue weighted by molar-refractivity contribution is -0.141. The first kappa shape index (κ1) is 13.9. The normalized spacial score (nSPS) is 21.5. The lowest BCUT2D eigenvalue weighted by atomic mass is 10.2. The molecule has 0 aromatic rings. The number of hydrogen-bond acceptors (Lipinski definition) is 4. The summed E-state index contributed by atoms with van der Waals surface area (Å²) in [5.74, 6) is -0.687. The number of hydrogen-bond donors (Lipinski definition) is 2. The van der Waals surface area contributed by atoms with E-state index >= 15 is 0 Å². The van der Waals surface area contributed by atoms with Crippen LogP contribution in [-0.2, 0) is 14.3 Å². The number of cyclic esters (lactones) is 1. The third-order valence-corrected chi connectivity index (χ3v) is 2.16. The predicted molar refractivity (Wildman–Crippen MR) is 55.2 cm³/mol.